The zero-order chi connectivity index (χ0) is 9.42. The smallest absolute Gasteiger partial charge is 0.143 e. The van der Waals surface area contributed by atoms with Crippen molar-refractivity contribution >= 4 is 21.8 Å². The minimum Gasteiger partial charge on any atom is -0.382 e. The molecule has 1 saturated carbocycles. The molecule has 68 valence electrons. The fraction of sp³-hybridized carbons (Fsp3) is 0.375. The van der Waals surface area contributed by atoms with E-state index >= 15 is 0 Å². The lowest BCUT2D eigenvalue weighted by Gasteiger charge is -2.02. The predicted octanol–water partition coefficient (Wildman–Crippen LogP) is 1.40. The fourth-order valence-electron chi connectivity index (χ4n) is 1.11. The number of aromatic nitrogens is 2. The zero-order valence-corrected chi connectivity index (χ0v) is 8.50. The average molecular weight is 241 g/mol. The molecule has 0 atom stereocenters. The molecule has 2 rings (SSSR count). The van der Waals surface area contributed by atoms with Crippen LogP contribution < -0.4 is 5.73 Å². The summed E-state index contributed by atoms with van der Waals surface area (Å²) >= 11 is 3.25. The summed E-state index contributed by atoms with van der Waals surface area (Å²) < 4.78 is 0.685. The molecule has 1 fully saturated rings. The quantitative estimate of drug-likeness (QED) is 0.607. The Bertz CT molecular complexity index is 359. The van der Waals surface area contributed by atoms with Gasteiger partial charge >= 0.3 is 0 Å². The van der Waals surface area contributed by atoms with Crippen LogP contribution in [0.3, 0.4) is 0 Å². The summed E-state index contributed by atoms with van der Waals surface area (Å²) in [5, 5.41) is 7.29. The topological polar surface area (TPSA) is 75.7 Å². The summed E-state index contributed by atoms with van der Waals surface area (Å²) in [6.45, 7) is 0. The molecule has 3 N–H and O–H groups in total. The number of hydrogen-bond acceptors (Lipinski definition) is 3. The summed E-state index contributed by atoms with van der Waals surface area (Å²) in [6.07, 6.45) is 3.97. The van der Waals surface area contributed by atoms with Crippen molar-refractivity contribution < 1.29 is 0 Å². The molecule has 0 radical (unpaired) electrons. The van der Waals surface area contributed by atoms with E-state index < -0.39 is 0 Å². The van der Waals surface area contributed by atoms with Crippen molar-refractivity contribution in [3.8, 4) is 0 Å². The average Bonchev–Trinajstić information content (AvgIpc) is 2.87. The molecule has 1 aliphatic carbocycles. The Morgan fingerprint density at radius 2 is 2.31 bits per heavy atom. The van der Waals surface area contributed by atoms with E-state index in [1.165, 1.54) is 0 Å². The SMILES string of the molecule is N=C(N)c1nc(C2CC2)ncc1Br. The number of nitrogens with two attached hydrogens (primary N) is 1. The lowest BCUT2D eigenvalue weighted by atomic mass is 10.3. The van der Waals surface area contributed by atoms with Crippen LogP contribution in [0.4, 0.5) is 0 Å². The van der Waals surface area contributed by atoms with Gasteiger partial charge in [0.1, 0.15) is 17.4 Å². The minimum atomic E-state index is -0.0174. The van der Waals surface area contributed by atoms with E-state index in [2.05, 4.69) is 25.9 Å². The highest BCUT2D eigenvalue weighted by Gasteiger charge is 2.27. The first-order valence-corrected chi connectivity index (χ1v) is 4.84. The molecule has 13 heavy (non-hydrogen) atoms. The molecule has 0 aromatic carbocycles. The van der Waals surface area contributed by atoms with Gasteiger partial charge in [0.15, 0.2) is 0 Å². The van der Waals surface area contributed by atoms with Crippen LogP contribution in [0.5, 0.6) is 0 Å². The number of amidine groups is 1. The largest absolute Gasteiger partial charge is 0.382 e. The van der Waals surface area contributed by atoms with Gasteiger partial charge in [-0.05, 0) is 28.8 Å². The van der Waals surface area contributed by atoms with Gasteiger partial charge in [0.05, 0.1) is 4.47 Å². The van der Waals surface area contributed by atoms with E-state index in [9.17, 15) is 0 Å². The minimum absolute atomic E-state index is 0.0174. The predicted molar refractivity (Wildman–Crippen MR) is 52.7 cm³/mol. The van der Waals surface area contributed by atoms with E-state index in [-0.39, 0.29) is 5.84 Å². The summed E-state index contributed by atoms with van der Waals surface area (Å²) in [7, 11) is 0. The highest BCUT2D eigenvalue weighted by atomic mass is 79.9. The number of nitrogens with one attached hydrogen (secondary N) is 1. The molecule has 5 heteroatoms. The number of rotatable bonds is 2. The van der Waals surface area contributed by atoms with Crippen molar-refractivity contribution in [2.75, 3.05) is 0 Å². The molecule has 0 spiro atoms. The van der Waals surface area contributed by atoms with Gasteiger partial charge in [0, 0.05) is 12.1 Å². The van der Waals surface area contributed by atoms with Gasteiger partial charge < -0.3 is 5.73 Å². The van der Waals surface area contributed by atoms with Crippen LogP contribution in [-0.4, -0.2) is 15.8 Å². The molecule has 0 saturated heterocycles. The second-order valence-corrected chi connectivity index (χ2v) is 3.97. The van der Waals surface area contributed by atoms with Crippen LogP contribution in [0, 0.1) is 5.41 Å². The van der Waals surface area contributed by atoms with Crippen LogP contribution in [0.1, 0.15) is 30.3 Å². The van der Waals surface area contributed by atoms with Gasteiger partial charge in [-0.1, -0.05) is 0 Å². The third kappa shape index (κ3) is 1.70. The van der Waals surface area contributed by atoms with Crippen molar-refractivity contribution in [2.24, 2.45) is 5.73 Å². The van der Waals surface area contributed by atoms with Crippen LogP contribution in [0.25, 0.3) is 0 Å². The maximum absolute atomic E-state index is 7.29. The molecule has 4 nitrogen and oxygen atoms in total. The second kappa shape index (κ2) is 3.06. The summed E-state index contributed by atoms with van der Waals surface area (Å²) in [4.78, 5) is 8.40. The van der Waals surface area contributed by atoms with E-state index in [0.717, 1.165) is 18.7 Å². The Kier molecular flexibility index (Phi) is 2.03. The van der Waals surface area contributed by atoms with Gasteiger partial charge in [-0.3, -0.25) is 5.41 Å². The molecule has 0 aliphatic heterocycles. The van der Waals surface area contributed by atoms with Gasteiger partial charge in [-0.25, -0.2) is 9.97 Å². The standard InChI is InChI=1S/C8H9BrN4/c9-5-3-12-8(4-1-2-4)13-6(5)7(10)11/h3-4H,1-2H2,(H3,10,11). The number of halogens is 1. The number of nitrogens with zero attached hydrogens (tertiary/aromatic N) is 2. The third-order valence-corrected chi connectivity index (χ3v) is 2.54. The Labute approximate surface area is 84.2 Å². The van der Waals surface area contributed by atoms with Gasteiger partial charge in [-0.2, -0.15) is 0 Å². The van der Waals surface area contributed by atoms with Gasteiger partial charge in [0.25, 0.3) is 0 Å². The first-order chi connectivity index (χ1) is 6.18. The van der Waals surface area contributed by atoms with Crippen LogP contribution in [0.15, 0.2) is 10.7 Å². The van der Waals surface area contributed by atoms with Crippen LogP contribution in [0.2, 0.25) is 0 Å². The van der Waals surface area contributed by atoms with Gasteiger partial charge in [-0.15, -0.1) is 0 Å². The van der Waals surface area contributed by atoms with Crippen LogP contribution >= 0.6 is 15.9 Å². The van der Waals surface area contributed by atoms with Crippen molar-refractivity contribution in [3.63, 3.8) is 0 Å². The fourth-order valence-corrected chi connectivity index (χ4v) is 1.51. The lowest BCUT2D eigenvalue weighted by molar-refractivity contribution is 0.913. The Hall–Kier alpha value is -0.970. The van der Waals surface area contributed by atoms with Crippen LogP contribution in [-0.2, 0) is 0 Å². The maximum Gasteiger partial charge on any atom is 0.143 e. The maximum atomic E-state index is 7.29. The van der Waals surface area contributed by atoms with Crippen molar-refractivity contribution in [1.82, 2.24) is 9.97 Å². The van der Waals surface area contributed by atoms with E-state index in [1.807, 2.05) is 0 Å². The molecule has 1 aliphatic rings. The summed E-state index contributed by atoms with van der Waals surface area (Å²) in [6, 6.07) is 0. The van der Waals surface area contributed by atoms with E-state index in [1.54, 1.807) is 6.20 Å². The van der Waals surface area contributed by atoms with Crippen molar-refractivity contribution in [1.29, 1.82) is 5.41 Å². The molecule has 0 amide bonds. The lowest BCUT2D eigenvalue weighted by Crippen LogP contribution is -2.15. The first kappa shape index (κ1) is 8.62. The number of nitrogen functional groups attached to an aromatic ring is 1. The van der Waals surface area contributed by atoms with E-state index in [4.69, 9.17) is 11.1 Å². The normalized spacial score (nSPS) is 15.8. The molecule has 0 bridgehead atoms. The number of hydrogen-bond donors (Lipinski definition) is 2. The molecule has 1 aromatic rings. The van der Waals surface area contributed by atoms with Gasteiger partial charge in [0.2, 0.25) is 0 Å². The summed E-state index contributed by atoms with van der Waals surface area (Å²) in [5.41, 5.74) is 5.86. The molecular weight excluding hydrogens is 232 g/mol. The van der Waals surface area contributed by atoms with Crippen molar-refractivity contribution in [3.05, 3.63) is 22.2 Å². The second-order valence-electron chi connectivity index (χ2n) is 3.11. The Morgan fingerprint density at radius 3 is 2.85 bits per heavy atom. The summed E-state index contributed by atoms with van der Waals surface area (Å²) in [5.74, 6) is 1.29. The third-order valence-electron chi connectivity index (χ3n) is 1.96. The zero-order valence-electron chi connectivity index (χ0n) is 6.92. The first-order valence-electron chi connectivity index (χ1n) is 4.05. The molecule has 0 unspecified atom stereocenters. The Morgan fingerprint density at radius 1 is 1.62 bits per heavy atom. The van der Waals surface area contributed by atoms with Crippen molar-refractivity contribution in [2.45, 2.75) is 18.8 Å². The molecule has 1 heterocycles. The van der Waals surface area contributed by atoms with E-state index in [0.29, 0.717) is 16.1 Å². The monoisotopic (exact) mass is 240 g/mol. The molecular formula is C8H9BrN4. The Balaban J connectivity index is 2.41. The highest BCUT2D eigenvalue weighted by Crippen LogP contribution is 2.38. The highest BCUT2D eigenvalue weighted by molar-refractivity contribution is 9.10. The molecule has 1 aromatic heterocycles.